The number of amides is 2. The Balaban J connectivity index is 1.81. The molecule has 0 bridgehead atoms. The third-order valence-electron chi connectivity index (χ3n) is 7.82. The number of nitrogens with zero attached hydrogens (tertiary/aromatic N) is 2. The van der Waals surface area contributed by atoms with Crippen molar-refractivity contribution >= 4 is 11.8 Å². The Morgan fingerprint density at radius 1 is 1.00 bits per heavy atom. The summed E-state index contributed by atoms with van der Waals surface area (Å²) in [6.45, 7) is 10.7. The van der Waals surface area contributed by atoms with Crippen LogP contribution >= 0.6 is 0 Å². The summed E-state index contributed by atoms with van der Waals surface area (Å²) >= 11 is 0. The van der Waals surface area contributed by atoms with Crippen LogP contribution in [0.25, 0.3) is 0 Å². The van der Waals surface area contributed by atoms with Gasteiger partial charge in [0.15, 0.2) is 0 Å². The third kappa shape index (κ3) is 9.89. The summed E-state index contributed by atoms with van der Waals surface area (Å²) in [6.07, 6.45) is 5.74. The number of carbonyl (C=O) groups is 2. The molecule has 2 aromatic carbocycles. The molecule has 1 aliphatic heterocycles. The van der Waals surface area contributed by atoms with Crippen LogP contribution in [0.4, 0.5) is 8.78 Å². The average molecular weight is 572 g/mol. The molecule has 2 N–H and O–H groups in total. The van der Waals surface area contributed by atoms with Gasteiger partial charge >= 0.3 is 0 Å². The summed E-state index contributed by atoms with van der Waals surface area (Å²) in [5.41, 5.74) is 1.98. The van der Waals surface area contributed by atoms with Gasteiger partial charge < -0.3 is 15.3 Å². The summed E-state index contributed by atoms with van der Waals surface area (Å²) in [6, 6.07) is 8.31. The van der Waals surface area contributed by atoms with E-state index >= 15 is 0 Å². The van der Waals surface area contributed by atoms with Gasteiger partial charge in [0.1, 0.15) is 11.6 Å². The molecule has 0 aromatic heterocycles. The van der Waals surface area contributed by atoms with E-state index in [4.69, 9.17) is 0 Å². The maximum Gasteiger partial charge on any atom is 0.253 e. The highest BCUT2D eigenvalue weighted by atomic mass is 19.1. The fraction of sp³-hybridized carbons (Fsp3) is 0.576. The van der Waals surface area contributed by atoms with Crippen molar-refractivity contribution in [2.75, 3.05) is 26.2 Å². The molecule has 3 rings (SSSR count). The van der Waals surface area contributed by atoms with Crippen molar-refractivity contribution in [1.82, 2.24) is 15.1 Å². The molecule has 1 unspecified atom stereocenters. The van der Waals surface area contributed by atoms with Crippen LogP contribution in [0.15, 0.2) is 36.4 Å². The zero-order chi connectivity index (χ0) is 29.9. The minimum atomic E-state index is -0.725. The molecule has 2 amide bonds. The molecule has 8 heteroatoms. The first kappa shape index (κ1) is 32.7. The summed E-state index contributed by atoms with van der Waals surface area (Å²) < 4.78 is 28.0. The van der Waals surface area contributed by atoms with Crippen LogP contribution in [-0.4, -0.2) is 71.1 Å². The highest BCUT2D eigenvalue weighted by Crippen LogP contribution is 2.21. The predicted molar refractivity (Wildman–Crippen MR) is 159 cm³/mol. The van der Waals surface area contributed by atoms with Gasteiger partial charge in [-0.3, -0.25) is 14.5 Å². The molecule has 3 atom stereocenters. The summed E-state index contributed by atoms with van der Waals surface area (Å²) in [5, 5.41) is 14.1. The number of likely N-dealkylation sites (tertiary alicyclic amines) is 1. The molecule has 1 fully saturated rings. The van der Waals surface area contributed by atoms with Crippen LogP contribution < -0.4 is 5.32 Å². The van der Waals surface area contributed by atoms with E-state index in [-0.39, 0.29) is 18.7 Å². The van der Waals surface area contributed by atoms with Gasteiger partial charge in [-0.15, -0.1) is 0 Å². The molecule has 0 saturated carbocycles. The van der Waals surface area contributed by atoms with Crippen LogP contribution in [0.2, 0.25) is 0 Å². The molecule has 6 nitrogen and oxygen atoms in total. The van der Waals surface area contributed by atoms with E-state index in [1.807, 2.05) is 20.8 Å². The van der Waals surface area contributed by atoms with Crippen molar-refractivity contribution in [2.24, 2.45) is 0 Å². The Hall–Kier alpha value is -2.84. The first-order chi connectivity index (χ1) is 19.6. The van der Waals surface area contributed by atoms with Crippen molar-refractivity contribution in [3.05, 3.63) is 70.3 Å². The van der Waals surface area contributed by atoms with Crippen LogP contribution in [-0.2, 0) is 6.42 Å². The van der Waals surface area contributed by atoms with Crippen LogP contribution in [0.3, 0.4) is 0 Å². The molecular weight excluding hydrogens is 524 g/mol. The number of carbonyl (C=O) groups excluding carboxylic acids is 2. The van der Waals surface area contributed by atoms with E-state index in [1.165, 1.54) is 18.6 Å². The van der Waals surface area contributed by atoms with Crippen molar-refractivity contribution in [3.8, 4) is 0 Å². The maximum atomic E-state index is 14.0. The van der Waals surface area contributed by atoms with Crippen LogP contribution in [0, 0.1) is 18.6 Å². The van der Waals surface area contributed by atoms with Gasteiger partial charge in [0, 0.05) is 48.9 Å². The predicted octanol–water partition coefficient (Wildman–Crippen LogP) is 5.89. The Morgan fingerprint density at radius 2 is 1.66 bits per heavy atom. The summed E-state index contributed by atoms with van der Waals surface area (Å²) in [5.74, 6) is -1.87. The SMILES string of the molecule is CCCN(CCC)C(=O)c1cc(C)cc(C(=O)N[C@@H](Cc2cc(F)cc(F)c2)C[C@@H](O)CN2CCCCC2CC)c1. The maximum absolute atomic E-state index is 14.0. The molecule has 0 radical (unpaired) electrons. The molecule has 1 saturated heterocycles. The van der Waals surface area contributed by atoms with Gasteiger partial charge in [-0.25, -0.2) is 8.78 Å². The third-order valence-corrected chi connectivity index (χ3v) is 7.82. The molecule has 0 aliphatic carbocycles. The number of nitrogens with one attached hydrogen (secondary N) is 1. The number of piperidine rings is 1. The van der Waals surface area contributed by atoms with Crippen LogP contribution in [0.5, 0.6) is 0 Å². The summed E-state index contributed by atoms with van der Waals surface area (Å²) in [4.78, 5) is 30.9. The second-order valence-corrected chi connectivity index (χ2v) is 11.5. The van der Waals surface area contributed by atoms with E-state index in [0.717, 1.165) is 50.3 Å². The minimum absolute atomic E-state index is 0.110. The number of aliphatic hydroxyl groups is 1. The quantitative estimate of drug-likeness (QED) is 0.297. The molecule has 41 heavy (non-hydrogen) atoms. The Kier molecular flexibility index (Phi) is 12.7. The van der Waals surface area contributed by atoms with Crippen molar-refractivity contribution in [2.45, 2.75) is 97.2 Å². The number of aliphatic hydroxyl groups excluding tert-OH is 1. The fourth-order valence-electron chi connectivity index (χ4n) is 5.99. The van der Waals surface area contributed by atoms with Gasteiger partial charge in [-0.1, -0.05) is 27.2 Å². The van der Waals surface area contributed by atoms with E-state index in [2.05, 4.69) is 17.1 Å². The fourth-order valence-corrected chi connectivity index (χ4v) is 5.99. The number of rotatable bonds is 14. The van der Waals surface area contributed by atoms with Crippen molar-refractivity contribution in [1.29, 1.82) is 0 Å². The number of benzene rings is 2. The van der Waals surface area contributed by atoms with Crippen molar-refractivity contribution < 1.29 is 23.5 Å². The Morgan fingerprint density at radius 3 is 2.29 bits per heavy atom. The van der Waals surface area contributed by atoms with Gasteiger partial charge in [0.05, 0.1) is 6.10 Å². The Labute approximate surface area is 244 Å². The van der Waals surface area contributed by atoms with E-state index in [9.17, 15) is 23.5 Å². The monoisotopic (exact) mass is 571 g/mol. The van der Waals surface area contributed by atoms with Crippen LogP contribution in [0.1, 0.15) is 97.6 Å². The molecule has 2 aromatic rings. The van der Waals surface area contributed by atoms with Crippen molar-refractivity contribution in [3.63, 3.8) is 0 Å². The lowest BCUT2D eigenvalue weighted by Gasteiger charge is -2.37. The highest BCUT2D eigenvalue weighted by Gasteiger charge is 2.26. The number of β-amino-alcohol motifs (C(OH)–C–C–N with tert-alkyl or cyclic N) is 1. The van der Waals surface area contributed by atoms with Gasteiger partial charge in [0.25, 0.3) is 11.8 Å². The first-order valence-corrected chi connectivity index (χ1v) is 15.2. The molecule has 1 heterocycles. The van der Waals surface area contributed by atoms with Gasteiger partial charge in [-0.2, -0.15) is 0 Å². The highest BCUT2D eigenvalue weighted by molar-refractivity contribution is 6.00. The van der Waals surface area contributed by atoms with Gasteiger partial charge in [0.2, 0.25) is 0 Å². The summed E-state index contributed by atoms with van der Waals surface area (Å²) in [7, 11) is 0. The number of aryl methyl sites for hydroxylation is 1. The van der Waals surface area contributed by atoms with E-state index in [1.54, 1.807) is 23.1 Å². The topological polar surface area (TPSA) is 72.9 Å². The molecule has 1 aliphatic rings. The lowest BCUT2D eigenvalue weighted by atomic mass is 9.96. The smallest absolute Gasteiger partial charge is 0.253 e. The second-order valence-electron chi connectivity index (χ2n) is 11.5. The zero-order valence-corrected chi connectivity index (χ0v) is 25.1. The largest absolute Gasteiger partial charge is 0.392 e. The second kappa shape index (κ2) is 16.0. The first-order valence-electron chi connectivity index (χ1n) is 15.2. The van der Waals surface area contributed by atoms with E-state index < -0.39 is 29.7 Å². The standard InChI is InChI=1S/C33H47F2N3O3/c1-5-11-37(12-6-2)33(41)26-15-23(4)14-25(19-26)32(40)36-29(18-24-16-27(34)20-28(35)17-24)21-31(39)22-38-13-9-8-10-30(38)7-3/h14-17,19-20,29-31,39H,5-13,18,21-22H2,1-4H3,(H,36,40)/t29-,30?,31+/m0/s1. The molecular formula is C33H47F2N3O3. The zero-order valence-electron chi connectivity index (χ0n) is 25.1. The molecule has 0 spiro atoms. The number of hydrogen-bond donors (Lipinski definition) is 2. The molecule has 226 valence electrons. The van der Waals surface area contributed by atoms with Gasteiger partial charge in [-0.05, 0) is 99.9 Å². The lowest BCUT2D eigenvalue weighted by molar-refractivity contribution is 0.0549. The lowest BCUT2D eigenvalue weighted by Crippen LogP contribution is -2.46. The normalized spacial score (nSPS) is 17.2. The average Bonchev–Trinajstić information content (AvgIpc) is 2.91. The minimum Gasteiger partial charge on any atom is -0.392 e. The number of hydrogen-bond acceptors (Lipinski definition) is 4. The van der Waals surface area contributed by atoms with E-state index in [0.29, 0.717) is 42.4 Å². The number of halogens is 2. The Bertz CT molecular complexity index is 1130.